The molecule has 0 spiro atoms. The first kappa shape index (κ1) is 15.0. The van der Waals surface area contributed by atoms with Gasteiger partial charge in [-0.25, -0.2) is 0 Å². The largest absolute Gasteiger partial charge is 0.490 e. The number of benzene rings is 1. The summed E-state index contributed by atoms with van der Waals surface area (Å²) in [4.78, 5) is 4.53. The van der Waals surface area contributed by atoms with Gasteiger partial charge < -0.3 is 10.1 Å². The van der Waals surface area contributed by atoms with Gasteiger partial charge in [0.2, 0.25) is 0 Å². The Morgan fingerprint density at radius 1 is 1.29 bits per heavy atom. The van der Waals surface area contributed by atoms with Gasteiger partial charge in [-0.15, -0.1) is 0 Å². The first-order chi connectivity index (χ1) is 10.2. The zero-order chi connectivity index (χ0) is 14.8. The number of hydrogen-bond acceptors (Lipinski definition) is 3. The van der Waals surface area contributed by atoms with Crippen LogP contribution in [0.2, 0.25) is 0 Å². The van der Waals surface area contributed by atoms with Gasteiger partial charge in [0, 0.05) is 15.1 Å². The van der Waals surface area contributed by atoms with Crippen molar-refractivity contribution < 1.29 is 4.74 Å². The Hall–Kier alpha value is -0.910. The maximum Gasteiger partial charge on any atom is 0.120 e. The van der Waals surface area contributed by atoms with Crippen molar-refractivity contribution in [1.29, 1.82) is 0 Å². The molecule has 3 nitrogen and oxygen atoms in total. The van der Waals surface area contributed by atoms with E-state index in [4.69, 9.17) is 4.74 Å². The Balaban J connectivity index is 1.91. The minimum absolute atomic E-state index is 0.0234. The number of pyridine rings is 1. The minimum atomic E-state index is 0.0234. The summed E-state index contributed by atoms with van der Waals surface area (Å²) in [6.07, 6.45) is 4.55. The van der Waals surface area contributed by atoms with Crippen LogP contribution < -0.4 is 10.1 Å². The maximum absolute atomic E-state index is 5.88. The van der Waals surface area contributed by atoms with E-state index in [1.54, 1.807) is 0 Å². The van der Waals surface area contributed by atoms with Gasteiger partial charge in [-0.1, -0.05) is 12.1 Å². The van der Waals surface area contributed by atoms with Gasteiger partial charge in [0.05, 0.1) is 17.8 Å². The average molecular weight is 412 g/mol. The molecule has 0 amide bonds. The van der Waals surface area contributed by atoms with E-state index in [1.807, 2.05) is 31.4 Å². The van der Waals surface area contributed by atoms with Gasteiger partial charge in [-0.05, 0) is 75.5 Å². The van der Waals surface area contributed by atoms with Gasteiger partial charge in [0.1, 0.15) is 5.75 Å². The molecule has 5 heteroatoms. The second-order valence-corrected chi connectivity index (χ2v) is 6.90. The van der Waals surface area contributed by atoms with Crippen molar-refractivity contribution in [3.8, 4) is 5.75 Å². The van der Waals surface area contributed by atoms with Crippen LogP contribution in [0.15, 0.2) is 45.5 Å². The van der Waals surface area contributed by atoms with Crippen molar-refractivity contribution in [3.05, 3.63) is 56.7 Å². The van der Waals surface area contributed by atoms with Gasteiger partial charge in [-0.3, -0.25) is 4.98 Å². The summed E-state index contributed by atoms with van der Waals surface area (Å²) < 4.78 is 7.81. The van der Waals surface area contributed by atoms with E-state index in [1.165, 1.54) is 12.8 Å². The Kier molecular flexibility index (Phi) is 4.62. The molecule has 1 N–H and O–H groups in total. The summed E-state index contributed by atoms with van der Waals surface area (Å²) in [6, 6.07) is 10.3. The third-order valence-electron chi connectivity index (χ3n) is 3.42. The molecular formula is C16H16Br2N2O. The minimum Gasteiger partial charge on any atom is -0.490 e. The zero-order valence-electron chi connectivity index (χ0n) is 11.6. The standard InChI is InChI=1S/C16H16Br2N2O/c1-19-15(16-14(18)8-11(17)9-20-16)10-3-2-4-13(7-10)21-12-5-6-12/h2-4,7-9,12,15,19H,5-6H2,1H3. The summed E-state index contributed by atoms with van der Waals surface area (Å²) in [5, 5.41) is 3.33. The highest BCUT2D eigenvalue weighted by atomic mass is 79.9. The molecular weight excluding hydrogens is 396 g/mol. The molecule has 1 saturated carbocycles. The number of aromatic nitrogens is 1. The Morgan fingerprint density at radius 3 is 2.76 bits per heavy atom. The Morgan fingerprint density at radius 2 is 2.10 bits per heavy atom. The molecule has 0 bridgehead atoms. The highest BCUT2D eigenvalue weighted by Crippen LogP contribution is 2.32. The van der Waals surface area contributed by atoms with Crippen LogP contribution in [-0.2, 0) is 0 Å². The van der Waals surface area contributed by atoms with Gasteiger partial charge in [-0.2, -0.15) is 0 Å². The zero-order valence-corrected chi connectivity index (χ0v) is 14.8. The van der Waals surface area contributed by atoms with E-state index in [0.717, 1.165) is 26.0 Å². The van der Waals surface area contributed by atoms with Crippen LogP contribution in [0, 0.1) is 0 Å². The molecule has 1 aliphatic carbocycles. The fraction of sp³-hybridized carbons (Fsp3) is 0.312. The first-order valence-corrected chi connectivity index (χ1v) is 8.51. The lowest BCUT2D eigenvalue weighted by molar-refractivity contribution is 0.302. The molecule has 1 aromatic heterocycles. The molecule has 1 unspecified atom stereocenters. The lowest BCUT2D eigenvalue weighted by Gasteiger charge is -2.18. The Bertz CT molecular complexity index is 644. The summed E-state index contributed by atoms with van der Waals surface area (Å²) in [5.74, 6) is 0.934. The number of rotatable bonds is 5. The van der Waals surface area contributed by atoms with Gasteiger partial charge in [0.25, 0.3) is 0 Å². The molecule has 0 aliphatic heterocycles. The molecule has 1 aliphatic rings. The molecule has 2 aromatic rings. The summed E-state index contributed by atoms with van der Waals surface area (Å²) in [5.41, 5.74) is 2.11. The monoisotopic (exact) mass is 410 g/mol. The molecule has 3 rings (SSSR count). The molecule has 1 fully saturated rings. The number of nitrogens with one attached hydrogen (secondary N) is 1. The highest BCUT2D eigenvalue weighted by molar-refractivity contribution is 9.11. The molecule has 21 heavy (non-hydrogen) atoms. The fourth-order valence-corrected chi connectivity index (χ4v) is 3.46. The second kappa shape index (κ2) is 6.46. The van der Waals surface area contributed by atoms with E-state index in [0.29, 0.717) is 6.10 Å². The van der Waals surface area contributed by atoms with Crippen LogP contribution in [0.25, 0.3) is 0 Å². The number of ether oxygens (including phenoxy) is 1. The average Bonchev–Trinajstić information content (AvgIpc) is 3.26. The number of nitrogens with zero attached hydrogens (tertiary/aromatic N) is 1. The third-order valence-corrected chi connectivity index (χ3v) is 4.49. The van der Waals surface area contributed by atoms with Crippen LogP contribution in [0.5, 0.6) is 5.75 Å². The van der Waals surface area contributed by atoms with Crippen LogP contribution in [0.4, 0.5) is 0 Å². The number of halogens is 2. The van der Waals surface area contributed by atoms with E-state index < -0.39 is 0 Å². The van der Waals surface area contributed by atoms with Crippen LogP contribution in [0.3, 0.4) is 0 Å². The highest BCUT2D eigenvalue weighted by Gasteiger charge is 2.24. The van der Waals surface area contributed by atoms with Crippen molar-refractivity contribution in [1.82, 2.24) is 10.3 Å². The number of hydrogen-bond donors (Lipinski definition) is 1. The summed E-state index contributed by atoms with van der Waals surface area (Å²) in [7, 11) is 1.94. The topological polar surface area (TPSA) is 34.1 Å². The SMILES string of the molecule is CNC(c1cccc(OC2CC2)c1)c1ncc(Br)cc1Br. The molecule has 1 aromatic carbocycles. The van der Waals surface area contributed by atoms with Crippen molar-refractivity contribution in [2.45, 2.75) is 25.0 Å². The van der Waals surface area contributed by atoms with E-state index >= 15 is 0 Å². The first-order valence-electron chi connectivity index (χ1n) is 6.92. The van der Waals surface area contributed by atoms with Gasteiger partial charge in [0.15, 0.2) is 0 Å². The van der Waals surface area contributed by atoms with Crippen molar-refractivity contribution in [3.63, 3.8) is 0 Å². The van der Waals surface area contributed by atoms with Crippen LogP contribution in [0.1, 0.15) is 30.1 Å². The van der Waals surface area contributed by atoms with Crippen molar-refractivity contribution in [2.24, 2.45) is 0 Å². The lowest BCUT2D eigenvalue weighted by Crippen LogP contribution is -2.19. The fourth-order valence-electron chi connectivity index (χ4n) is 2.24. The quantitative estimate of drug-likeness (QED) is 0.788. The maximum atomic E-state index is 5.88. The summed E-state index contributed by atoms with van der Waals surface area (Å²) in [6.45, 7) is 0. The molecule has 0 saturated heterocycles. The van der Waals surface area contributed by atoms with Crippen molar-refractivity contribution >= 4 is 31.9 Å². The van der Waals surface area contributed by atoms with E-state index in [-0.39, 0.29) is 6.04 Å². The summed E-state index contributed by atoms with van der Waals surface area (Å²) >= 11 is 7.03. The van der Waals surface area contributed by atoms with Gasteiger partial charge >= 0.3 is 0 Å². The van der Waals surface area contributed by atoms with E-state index in [2.05, 4.69) is 54.3 Å². The lowest BCUT2D eigenvalue weighted by atomic mass is 10.0. The predicted molar refractivity (Wildman–Crippen MR) is 90.6 cm³/mol. The van der Waals surface area contributed by atoms with E-state index in [9.17, 15) is 0 Å². The normalized spacial score (nSPS) is 15.8. The van der Waals surface area contributed by atoms with Crippen molar-refractivity contribution in [2.75, 3.05) is 7.05 Å². The smallest absolute Gasteiger partial charge is 0.120 e. The molecule has 1 atom stereocenters. The second-order valence-electron chi connectivity index (χ2n) is 5.13. The molecule has 110 valence electrons. The third kappa shape index (κ3) is 3.65. The molecule has 0 radical (unpaired) electrons. The predicted octanol–water partition coefficient (Wildman–Crippen LogP) is 4.46. The van der Waals surface area contributed by atoms with Crippen LogP contribution >= 0.6 is 31.9 Å². The Labute approximate surface area is 141 Å². The van der Waals surface area contributed by atoms with Crippen LogP contribution in [-0.4, -0.2) is 18.1 Å². The molecule has 1 heterocycles.